The van der Waals surface area contributed by atoms with Crippen LogP contribution in [0.4, 0.5) is 0 Å². The van der Waals surface area contributed by atoms with Crippen LogP contribution in [0.5, 0.6) is 0 Å². The average molecular weight is 540 g/mol. The van der Waals surface area contributed by atoms with Gasteiger partial charge in [-0.15, -0.1) is 0 Å². The Labute approximate surface area is 214 Å². The van der Waals surface area contributed by atoms with Crippen molar-refractivity contribution < 1.29 is 23.8 Å². The van der Waals surface area contributed by atoms with E-state index in [9.17, 15) is 14.8 Å². The number of halogens is 1. The van der Waals surface area contributed by atoms with Gasteiger partial charge in [0.1, 0.15) is 24.1 Å². The van der Waals surface area contributed by atoms with Gasteiger partial charge in [0.2, 0.25) is 5.78 Å². The molecule has 2 saturated heterocycles. The van der Waals surface area contributed by atoms with Crippen LogP contribution in [-0.4, -0.2) is 58.8 Å². The first-order chi connectivity index (χ1) is 18.0. The van der Waals surface area contributed by atoms with Crippen LogP contribution < -0.4 is 5.56 Å². The predicted octanol–water partition coefficient (Wildman–Crippen LogP) is 3.25. The Balaban J connectivity index is 1.45. The maximum atomic E-state index is 13.6. The minimum atomic E-state index is -2.12. The van der Waals surface area contributed by atoms with Crippen molar-refractivity contribution in [2.75, 3.05) is 6.61 Å². The molecule has 0 radical (unpaired) electrons. The first-order valence-corrected chi connectivity index (χ1v) is 13.0. The van der Waals surface area contributed by atoms with Crippen molar-refractivity contribution in [2.45, 2.75) is 24.5 Å². The van der Waals surface area contributed by atoms with E-state index in [1.165, 1.54) is 4.40 Å². The van der Waals surface area contributed by atoms with Gasteiger partial charge in [-0.25, -0.2) is 9.38 Å². The Hall–Kier alpha value is -3.15. The number of nitrogens with one attached hydrogen (secondary N) is 1. The molecule has 5 heterocycles. The topological polar surface area (TPSA) is 136 Å². The van der Waals surface area contributed by atoms with Gasteiger partial charge < -0.3 is 28.8 Å². The van der Waals surface area contributed by atoms with Crippen molar-refractivity contribution in [3.63, 3.8) is 0 Å². The molecule has 2 aliphatic rings. The summed E-state index contributed by atoms with van der Waals surface area (Å²) in [4.78, 5) is 36.0. The maximum Gasteiger partial charge on any atom is 0.330 e. The van der Waals surface area contributed by atoms with Crippen molar-refractivity contribution in [2.24, 2.45) is 0 Å². The van der Waals surface area contributed by atoms with E-state index >= 15 is 0 Å². The average Bonchev–Trinajstić information content (AvgIpc) is 3.59. The fourth-order valence-electron chi connectivity index (χ4n) is 4.81. The number of fused-ring (bicyclic) bond motifs is 3. The summed E-state index contributed by atoms with van der Waals surface area (Å²) >= 11 is 6.10. The normalized spacial score (nSPS) is 25.6. The zero-order chi connectivity index (χ0) is 25.3. The lowest BCUT2D eigenvalue weighted by Crippen LogP contribution is -2.38. The molecule has 0 spiro atoms. The molecule has 0 aliphatic carbocycles. The summed E-state index contributed by atoms with van der Waals surface area (Å²) in [7, 11) is -2.12. The molecule has 188 valence electrons. The molecular weight excluding hydrogens is 521 g/mol. The van der Waals surface area contributed by atoms with Gasteiger partial charge in [-0.3, -0.25) is 9.36 Å². The number of hydrogen-bond donors (Lipinski definition) is 3. The Morgan fingerprint density at radius 2 is 1.86 bits per heavy atom. The minimum absolute atomic E-state index is 0.0563. The van der Waals surface area contributed by atoms with E-state index in [2.05, 4.69) is 9.97 Å². The number of nitrogens with zero attached hydrogens (tertiary/aromatic N) is 4. The summed E-state index contributed by atoms with van der Waals surface area (Å²) in [5, 5.41) is 11.7. The minimum Gasteiger partial charge on any atom is -0.386 e. The fourth-order valence-corrected chi connectivity index (χ4v) is 5.74. The van der Waals surface area contributed by atoms with Crippen molar-refractivity contribution >= 4 is 37.1 Å². The number of imidazole rings is 2. The predicted molar refractivity (Wildman–Crippen MR) is 135 cm³/mol. The van der Waals surface area contributed by atoms with Crippen molar-refractivity contribution in [3.05, 3.63) is 76.2 Å². The number of aliphatic hydroxyl groups excluding tert-OH is 1. The second-order valence-corrected chi connectivity index (χ2v) is 10.2. The van der Waals surface area contributed by atoms with Crippen LogP contribution in [0.2, 0.25) is 5.02 Å². The Morgan fingerprint density at radius 1 is 1.08 bits per heavy atom. The standard InChI is InChI=1S/C24H19ClN5O6P/c25-14-8-6-13(7-9-14)20-27-17-21(30(20)23-18(31)19-16(35-23)11-34-37(33)36-19)28-24-26-15(10-29(24)22(17)32)12-4-2-1-3-5-12/h1-10,16,18-19,23,31,33H,11H2,(H,26,28)/t16?,18-,19+,23+,37?/m0/s1. The summed E-state index contributed by atoms with van der Waals surface area (Å²) in [5.41, 5.74) is 2.21. The summed E-state index contributed by atoms with van der Waals surface area (Å²) in [5.74, 6) is 0.672. The largest absolute Gasteiger partial charge is 0.386 e. The first-order valence-electron chi connectivity index (χ1n) is 11.4. The number of aromatic amines is 1. The van der Waals surface area contributed by atoms with E-state index in [0.717, 1.165) is 5.56 Å². The molecule has 13 heteroatoms. The highest BCUT2D eigenvalue weighted by molar-refractivity contribution is 7.40. The molecular formula is C24H19ClN5O6P. The smallest absolute Gasteiger partial charge is 0.330 e. The molecule has 7 rings (SSSR count). The molecule has 2 aliphatic heterocycles. The van der Waals surface area contributed by atoms with Gasteiger partial charge in [-0.2, -0.15) is 4.98 Å². The van der Waals surface area contributed by atoms with E-state index in [1.807, 2.05) is 30.3 Å². The molecule has 3 N–H and O–H groups in total. The third-order valence-electron chi connectivity index (χ3n) is 6.56. The molecule has 2 aromatic carbocycles. The third kappa shape index (κ3) is 3.71. The molecule has 2 fully saturated rings. The zero-order valence-corrected chi connectivity index (χ0v) is 20.6. The summed E-state index contributed by atoms with van der Waals surface area (Å²) in [6.45, 7) is 0.0563. The fraction of sp³-hybridized carbons (Fsp3) is 0.208. The number of rotatable bonds is 3. The zero-order valence-electron chi connectivity index (χ0n) is 18.9. The van der Waals surface area contributed by atoms with Crippen LogP contribution in [0.1, 0.15) is 6.23 Å². The summed E-state index contributed by atoms with van der Waals surface area (Å²) in [6, 6.07) is 16.5. The second kappa shape index (κ2) is 8.71. The monoisotopic (exact) mass is 539 g/mol. The Bertz CT molecular complexity index is 1690. The van der Waals surface area contributed by atoms with E-state index < -0.39 is 33.1 Å². The van der Waals surface area contributed by atoms with Gasteiger partial charge in [0, 0.05) is 16.8 Å². The van der Waals surface area contributed by atoms with Crippen LogP contribution in [0.25, 0.3) is 39.6 Å². The highest BCUT2D eigenvalue weighted by atomic mass is 35.5. The van der Waals surface area contributed by atoms with Crippen LogP contribution in [0.3, 0.4) is 0 Å². The van der Waals surface area contributed by atoms with Crippen LogP contribution >= 0.6 is 20.2 Å². The van der Waals surface area contributed by atoms with Crippen LogP contribution in [0.15, 0.2) is 65.6 Å². The van der Waals surface area contributed by atoms with Crippen LogP contribution in [0, 0.1) is 0 Å². The maximum absolute atomic E-state index is 13.6. The molecule has 5 atom stereocenters. The molecule has 5 aromatic rings. The molecule has 11 nitrogen and oxygen atoms in total. The lowest BCUT2D eigenvalue weighted by Gasteiger charge is -2.27. The highest BCUT2D eigenvalue weighted by Gasteiger charge is 2.50. The Kier molecular flexibility index (Phi) is 5.42. The van der Waals surface area contributed by atoms with Gasteiger partial charge >= 0.3 is 8.60 Å². The number of aliphatic hydroxyl groups is 1. The van der Waals surface area contributed by atoms with E-state index in [-0.39, 0.29) is 23.3 Å². The number of aromatic nitrogens is 5. The van der Waals surface area contributed by atoms with Gasteiger partial charge in [-0.1, -0.05) is 41.9 Å². The lowest BCUT2D eigenvalue weighted by molar-refractivity contribution is -0.0581. The molecule has 0 bridgehead atoms. The summed E-state index contributed by atoms with van der Waals surface area (Å²) < 4.78 is 19.8. The van der Waals surface area contributed by atoms with Gasteiger partial charge in [0.05, 0.1) is 12.3 Å². The molecule has 2 unspecified atom stereocenters. The van der Waals surface area contributed by atoms with Crippen molar-refractivity contribution in [1.29, 1.82) is 0 Å². The number of hydrogen-bond acceptors (Lipinski definition) is 8. The third-order valence-corrected chi connectivity index (χ3v) is 7.61. The molecule has 0 amide bonds. The molecule has 3 aromatic heterocycles. The summed E-state index contributed by atoms with van der Waals surface area (Å²) in [6.07, 6.45) is -1.94. The SMILES string of the molecule is O=c1c2nc(-c3ccc(Cl)cc3)n([C@@H]3OC4COP(O)O[C@H]4[C@@H]3O)c2nc2[nH]c(-c3ccccc3)cn12. The Morgan fingerprint density at radius 3 is 2.65 bits per heavy atom. The van der Waals surface area contributed by atoms with E-state index in [1.54, 1.807) is 35.0 Å². The highest BCUT2D eigenvalue weighted by Crippen LogP contribution is 2.47. The quantitative estimate of drug-likeness (QED) is 0.297. The van der Waals surface area contributed by atoms with Crippen LogP contribution in [-0.2, 0) is 13.8 Å². The first kappa shape index (κ1) is 23.0. The van der Waals surface area contributed by atoms with Crippen molar-refractivity contribution in [1.82, 2.24) is 23.9 Å². The molecule has 0 saturated carbocycles. The van der Waals surface area contributed by atoms with Gasteiger partial charge in [-0.05, 0) is 29.8 Å². The van der Waals surface area contributed by atoms with E-state index in [4.69, 9.17) is 30.4 Å². The number of benzene rings is 2. The van der Waals surface area contributed by atoms with E-state index in [0.29, 0.717) is 27.9 Å². The second-order valence-electron chi connectivity index (χ2n) is 8.79. The molecule has 37 heavy (non-hydrogen) atoms. The van der Waals surface area contributed by atoms with Gasteiger partial charge in [0.25, 0.3) is 5.56 Å². The van der Waals surface area contributed by atoms with Crippen molar-refractivity contribution in [3.8, 4) is 22.6 Å². The number of ether oxygens (including phenoxy) is 1. The number of H-pyrrole nitrogens is 1. The lowest BCUT2D eigenvalue weighted by atomic mass is 10.1. The van der Waals surface area contributed by atoms with Gasteiger partial charge in [0.15, 0.2) is 17.4 Å².